The monoisotopic (exact) mass is 1030 g/mol. The zero-order valence-corrected chi connectivity index (χ0v) is 35.7. The van der Waals surface area contributed by atoms with Crippen LogP contribution < -0.4 is 117 Å². The van der Waals surface area contributed by atoms with E-state index in [-0.39, 0.29) is 44.6 Å². The molecule has 0 N–H and O–H groups in total. The van der Waals surface area contributed by atoms with Crippen LogP contribution in [0.5, 0.6) is 0 Å². The summed E-state index contributed by atoms with van der Waals surface area (Å²) in [5.74, 6) is 0. The summed E-state index contributed by atoms with van der Waals surface area (Å²) in [6.45, 7) is 0. The molecule has 0 radical (unpaired) electrons. The van der Waals surface area contributed by atoms with Crippen LogP contribution in [0.3, 0.4) is 0 Å². The van der Waals surface area contributed by atoms with Crippen molar-refractivity contribution in [3.8, 4) is 0 Å². The van der Waals surface area contributed by atoms with Gasteiger partial charge in [-0.05, 0) is 0 Å². The maximum Gasteiger partial charge on any atom is 4.00 e. The number of hydrogen-bond acceptors (Lipinski definition) is 36. The van der Waals surface area contributed by atoms with E-state index in [1.54, 1.807) is 0 Å². The van der Waals surface area contributed by atoms with Gasteiger partial charge < -0.3 is 172 Å². The fourth-order valence-electron chi connectivity index (χ4n) is 0. The molecule has 312 valence electrons. The van der Waals surface area contributed by atoms with Gasteiger partial charge in [-0.1, -0.05) is 99.1 Å². The van der Waals surface area contributed by atoms with Gasteiger partial charge in [0, 0.05) is 0 Å². The van der Waals surface area contributed by atoms with Crippen molar-refractivity contribution in [2.24, 2.45) is 0 Å². The van der Waals surface area contributed by atoms with Crippen LogP contribution in [-0.2, 0) is 54.8 Å². The molecule has 0 bridgehead atoms. The third-order valence-corrected chi connectivity index (χ3v) is 0. The minimum Gasteiger partial charge on any atom is -0.813 e. The minimum absolute atomic E-state index is 0. The van der Waals surface area contributed by atoms with E-state index in [1.807, 2.05) is 0 Å². The van der Waals surface area contributed by atoms with Crippen LogP contribution in [0.2, 0.25) is 0 Å². The maximum absolute atomic E-state index is 8.52. The Morgan fingerprint density at radius 2 is 0.130 bits per heavy atom. The second kappa shape index (κ2) is 111. The average molecular weight is 1030 g/mol. The molecule has 0 saturated heterocycles. The van der Waals surface area contributed by atoms with Gasteiger partial charge in [0.2, 0.25) is 0 Å². The quantitative estimate of drug-likeness (QED) is 0.203. The second-order valence-corrected chi connectivity index (χ2v) is 9.00. The molecule has 0 atom stereocenters. The first-order chi connectivity index (χ1) is 20.8. The van der Waals surface area contributed by atoms with Crippen LogP contribution in [0.4, 0.5) is 0 Å². The van der Waals surface area contributed by atoms with Crippen LogP contribution in [0.1, 0.15) is 0 Å². The maximum atomic E-state index is 8.52. The normalized spacial score (nSPS) is 7.78. The largest absolute Gasteiger partial charge is 4.00 e. The van der Waals surface area contributed by atoms with Gasteiger partial charge >= 0.3 is 44.6 Å². The van der Waals surface area contributed by atoms with Crippen molar-refractivity contribution in [1.29, 1.82) is 0 Å². The first-order valence-corrected chi connectivity index (χ1v) is 22.0. The molecular weight excluding hydrogens is 1020 g/mol. The summed E-state index contributed by atoms with van der Waals surface area (Å²) in [6, 6.07) is 0. The molecule has 0 heterocycles. The van der Waals surface area contributed by atoms with Gasteiger partial charge in [-0.15, -0.1) is 0 Å². The van der Waals surface area contributed by atoms with E-state index in [9.17, 15) is 0 Å². The molecule has 0 aliphatic heterocycles. The average Bonchev–Trinajstić information content (AvgIpc) is 2.61. The van der Waals surface area contributed by atoms with Crippen molar-refractivity contribution in [1.82, 2.24) is 0 Å². The van der Waals surface area contributed by atoms with Crippen LogP contribution in [0, 0.1) is 44.6 Å². The summed E-state index contributed by atoms with van der Waals surface area (Å²) < 4.78 is 102. The fourth-order valence-corrected chi connectivity index (χ4v) is 0. The van der Waals surface area contributed by atoms with E-state index >= 15 is 0 Å². The van der Waals surface area contributed by atoms with E-state index < -0.39 is 99.1 Å². The van der Waals surface area contributed by atoms with E-state index in [0.29, 0.717) is 0 Å². The van der Waals surface area contributed by atoms with E-state index in [2.05, 4.69) is 0 Å². The molecule has 0 amide bonds. The topological polar surface area (TPSA) is 758 Å². The van der Waals surface area contributed by atoms with Crippen LogP contribution in [0.25, 0.3) is 0 Å². The van der Waals surface area contributed by atoms with Gasteiger partial charge in [0.15, 0.2) is 0 Å². The minimum atomic E-state index is -3.63. The van der Waals surface area contributed by atoms with Crippen molar-refractivity contribution in [2.45, 2.75) is 0 Å². The molecule has 36 nitrogen and oxygen atoms in total. The van der Waals surface area contributed by atoms with Crippen molar-refractivity contribution >= 4 is 99.1 Å². The zero-order chi connectivity index (χ0) is 42.9. The summed E-state index contributed by atoms with van der Waals surface area (Å²) in [5.41, 5.74) is 0. The molecule has 0 saturated carbocycles. The Morgan fingerprint density at radius 3 is 0.130 bits per heavy atom. The number of rotatable bonds is 0. The predicted octanol–water partition coefficient (Wildman–Crippen LogP) is -22.4. The molecule has 0 aliphatic rings. The Kier molecular flexibility index (Phi) is 241. The molecule has 0 aromatic rings. The fraction of sp³-hybridized carbons (Fsp3) is 0. The molecule has 54 heavy (non-hydrogen) atoms. The Hall–Kier alpha value is 1.80. The molecule has 0 unspecified atom stereocenters. The molecule has 0 rings (SSSR count). The second-order valence-electron chi connectivity index (χ2n) is 3.00. The third kappa shape index (κ3) is 46300. The van der Waals surface area contributed by atoms with Gasteiger partial charge in [0.25, 0.3) is 0 Å². The third-order valence-electron chi connectivity index (χ3n) is 0. The molecule has 0 aromatic carbocycles. The Bertz CT molecular complexity index is 600. The van der Waals surface area contributed by atoms with Crippen molar-refractivity contribution < 1.29 is 172 Å². The molecule has 0 spiro atoms. The van der Waals surface area contributed by atoms with Crippen molar-refractivity contribution in [3.05, 3.63) is 44.6 Å². The van der Waals surface area contributed by atoms with Gasteiger partial charge in [0.1, 0.15) is 0 Å². The Labute approximate surface area is 315 Å². The Balaban J connectivity index is -0.0000000162. The van der Waals surface area contributed by atoms with Crippen LogP contribution in [-0.4, -0.2) is 0 Å². The van der Waals surface area contributed by atoms with E-state index in [1.165, 1.54) is 0 Å². The zero-order valence-electron chi connectivity index (χ0n) is 23.7. The summed E-state index contributed by atoms with van der Waals surface area (Å²) >= 11 is 0. The molecule has 0 aromatic heterocycles. The summed E-state index contributed by atoms with van der Waals surface area (Å²) in [6.07, 6.45) is 0. The van der Waals surface area contributed by atoms with Gasteiger partial charge in [-0.2, -0.15) is 0 Å². The van der Waals surface area contributed by atoms with Crippen LogP contribution in [0.15, 0.2) is 0 Å². The predicted molar refractivity (Wildman–Crippen MR) is 127 cm³/mol. The smallest absolute Gasteiger partial charge is 0.813 e. The molecule has 0 aliphatic carbocycles. The van der Waals surface area contributed by atoms with Crippen LogP contribution >= 0.6 is 99.1 Å². The van der Waals surface area contributed by atoms with Gasteiger partial charge in [-0.3, -0.25) is 0 Å². The summed E-state index contributed by atoms with van der Waals surface area (Å²) in [7, 11) is -43.6. The van der Waals surface area contributed by atoms with Crippen molar-refractivity contribution in [2.75, 3.05) is 0 Å². The molecule has 48 heteroatoms. The van der Waals surface area contributed by atoms with Crippen molar-refractivity contribution in [3.63, 3.8) is 0 Å². The standard InChI is InChI=1S/6C.12H3O3P/c;;;;;;12*1-4(2)3/h;;;;;;12*4H,(H2,1,2,3)/q6*+4;;;;;;;;;;;;/p-24. The SMILES string of the molecule is O=[PH]([O-])[O-].O=[PH]([O-])[O-].O=[PH]([O-])[O-].O=[PH]([O-])[O-].O=[PH]([O-])[O-].O=[PH]([O-])[O-].O=[PH]([O-])[O-].O=[PH]([O-])[O-].O=[PH]([O-])[O-].O=[PH]([O-])[O-].O=[PH]([O-])[O-].O=[PH]([O-])[O-].[C+4].[C+4].[C+4].[C+4].[C+4].[C+4]. The van der Waals surface area contributed by atoms with Gasteiger partial charge in [0.05, 0.1) is 0 Å². The van der Waals surface area contributed by atoms with E-state index in [4.69, 9.17) is 172 Å². The summed E-state index contributed by atoms with van der Waals surface area (Å²) in [5, 5.41) is 0. The summed E-state index contributed by atoms with van der Waals surface area (Å²) in [4.78, 5) is 204. The van der Waals surface area contributed by atoms with E-state index in [0.717, 1.165) is 0 Å². The first-order valence-electron chi connectivity index (χ1n) is 7.35. The molecule has 0 fully saturated rings. The number of hydrogen-bond donors (Lipinski definition) is 0. The first kappa shape index (κ1) is 117. The van der Waals surface area contributed by atoms with Gasteiger partial charge in [-0.25, -0.2) is 0 Å². The molecular formula is C6H12O36P12. The Morgan fingerprint density at radius 1 is 0.130 bits per heavy atom.